The van der Waals surface area contributed by atoms with Crippen molar-refractivity contribution in [3.63, 3.8) is 0 Å². The second-order valence-corrected chi connectivity index (χ2v) is 4.46. The van der Waals surface area contributed by atoms with Gasteiger partial charge < -0.3 is 0 Å². The maximum absolute atomic E-state index is 10.7. The van der Waals surface area contributed by atoms with E-state index in [1.165, 1.54) is 0 Å². The van der Waals surface area contributed by atoms with Crippen LogP contribution >= 0.6 is 27.3 Å². The molecule has 0 N–H and O–H groups in total. The lowest BCUT2D eigenvalue weighted by atomic mass is 10.1. The molecule has 0 aliphatic heterocycles. The minimum absolute atomic E-state index is 0.408. The van der Waals surface area contributed by atoms with Gasteiger partial charge in [-0.15, -0.1) is 11.3 Å². The minimum atomic E-state index is 0.408. The predicted molar refractivity (Wildman–Crippen MR) is 59.6 cm³/mol. The molecule has 0 atom stereocenters. The number of thiophene rings is 1. The lowest BCUT2D eigenvalue weighted by molar-refractivity contribution is 0.112. The van der Waals surface area contributed by atoms with Crippen molar-refractivity contribution < 1.29 is 4.79 Å². The molecule has 2 aromatic rings. The van der Waals surface area contributed by atoms with E-state index in [-0.39, 0.29) is 0 Å². The molecule has 0 saturated heterocycles. The predicted octanol–water partition coefficient (Wildman–Crippen LogP) is 3.35. The fraction of sp³-hybridized carbons (Fsp3) is 0. The summed E-state index contributed by atoms with van der Waals surface area (Å²) in [6, 6.07) is 5.70. The molecule has 0 saturated carbocycles. The Hall–Kier alpha value is -1.18. The van der Waals surface area contributed by atoms with E-state index in [0.29, 0.717) is 21.9 Å². The third kappa shape index (κ3) is 1.26. The molecule has 0 aliphatic carbocycles. The van der Waals surface area contributed by atoms with Crippen LogP contribution in [0.1, 0.15) is 15.9 Å². The molecule has 0 fully saturated rings. The molecule has 2 rings (SSSR count). The second-order valence-electron chi connectivity index (χ2n) is 2.72. The van der Waals surface area contributed by atoms with E-state index in [9.17, 15) is 4.79 Å². The van der Waals surface area contributed by atoms with E-state index >= 15 is 0 Å². The van der Waals surface area contributed by atoms with E-state index in [4.69, 9.17) is 5.26 Å². The zero-order valence-corrected chi connectivity index (χ0v) is 9.35. The first-order chi connectivity index (χ1) is 6.77. The van der Waals surface area contributed by atoms with Gasteiger partial charge in [-0.25, -0.2) is 0 Å². The van der Waals surface area contributed by atoms with Crippen molar-refractivity contribution in [1.82, 2.24) is 0 Å². The van der Waals surface area contributed by atoms with Gasteiger partial charge in [0.15, 0.2) is 6.29 Å². The monoisotopic (exact) mass is 265 g/mol. The summed E-state index contributed by atoms with van der Waals surface area (Å²) in [5.41, 5.74) is 0.847. The SMILES string of the molecule is N#Cc1c(C=O)cc2sccc2c1Br. The number of fused-ring (bicyclic) bond motifs is 1. The molecule has 1 aromatic carbocycles. The lowest BCUT2D eigenvalue weighted by Gasteiger charge is -2.00. The highest BCUT2D eigenvalue weighted by atomic mass is 79.9. The van der Waals surface area contributed by atoms with Crippen LogP contribution in [0.3, 0.4) is 0 Å². The average molecular weight is 266 g/mol. The van der Waals surface area contributed by atoms with Crippen LogP contribution in [-0.2, 0) is 0 Å². The van der Waals surface area contributed by atoms with Gasteiger partial charge in [0.1, 0.15) is 6.07 Å². The maximum atomic E-state index is 10.7. The highest BCUT2D eigenvalue weighted by Gasteiger charge is 2.11. The van der Waals surface area contributed by atoms with E-state index < -0.39 is 0 Å². The van der Waals surface area contributed by atoms with Crippen molar-refractivity contribution in [3.05, 3.63) is 33.1 Å². The molecular formula is C10H4BrNOS. The van der Waals surface area contributed by atoms with Crippen molar-refractivity contribution in [2.45, 2.75) is 0 Å². The average Bonchev–Trinajstić information content (AvgIpc) is 2.65. The topological polar surface area (TPSA) is 40.9 Å². The highest BCUT2D eigenvalue weighted by Crippen LogP contribution is 2.32. The van der Waals surface area contributed by atoms with Crippen LogP contribution in [0.5, 0.6) is 0 Å². The van der Waals surface area contributed by atoms with Gasteiger partial charge in [0.25, 0.3) is 0 Å². The van der Waals surface area contributed by atoms with Crippen molar-refractivity contribution in [2.24, 2.45) is 0 Å². The van der Waals surface area contributed by atoms with E-state index in [2.05, 4.69) is 15.9 Å². The minimum Gasteiger partial charge on any atom is -0.298 e. The van der Waals surface area contributed by atoms with Crippen LogP contribution in [0.2, 0.25) is 0 Å². The highest BCUT2D eigenvalue weighted by molar-refractivity contribution is 9.10. The Morgan fingerprint density at radius 3 is 3.00 bits per heavy atom. The number of carbonyl (C=O) groups is 1. The van der Waals surface area contributed by atoms with Gasteiger partial charge in [0, 0.05) is 20.1 Å². The van der Waals surface area contributed by atoms with Crippen LogP contribution in [0.25, 0.3) is 10.1 Å². The fourth-order valence-corrected chi connectivity index (χ4v) is 2.93. The number of rotatable bonds is 1. The molecular weight excluding hydrogens is 262 g/mol. The third-order valence-electron chi connectivity index (χ3n) is 1.97. The van der Waals surface area contributed by atoms with Crippen molar-refractivity contribution >= 4 is 43.6 Å². The van der Waals surface area contributed by atoms with Gasteiger partial charge in [-0.2, -0.15) is 5.26 Å². The Kier molecular flexibility index (Phi) is 2.36. The number of nitriles is 1. The van der Waals surface area contributed by atoms with E-state index in [1.54, 1.807) is 17.4 Å². The number of aldehydes is 1. The summed E-state index contributed by atoms with van der Waals surface area (Å²) in [6.07, 6.45) is 0.711. The zero-order chi connectivity index (χ0) is 10.1. The molecule has 0 bridgehead atoms. The Morgan fingerprint density at radius 2 is 2.36 bits per heavy atom. The Bertz CT molecular complexity index is 553. The second kappa shape index (κ2) is 3.52. The molecule has 1 heterocycles. The van der Waals surface area contributed by atoms with Crippen LogP contribution in [0.4, 0.5) is 0 Å². The first-order valence-corrected chi connectivity index (χ1v) is 5.50. The summed E-state index contributed by atoms with van der Waals surface area (Å²) in [7, 11) is 0. The molecule has 68 valence electrons. The van der Waals surface area contributed by atoms with Gasteiger partial charge in [-0.05, 0) is 33.4 Å². The van der Waals surface area contributed by atoms with Crippen molar-refractivity contribution in [3.8, 4) is 6.07 Å². The standard InChI is InChI=1S/C10H4BrNOS/c11-10-7-1-2-14-9(7)3-6(5-13)8(10)4-12/h1-3,5H. The Morgan fingerprint density at radius 1 is 1.57 bits per heavy atom. The quantitative estimate of drug-likeness (QED) is 0.742. The normalized spacial score (nSPS) is 10.0. The third-order valence-corrected chi connectivity index (χ3v) is 3.65. The first-order valence-electron chi connectivity index (χ1n) is 3.83. The van der Waals surface area contributed by atoms with E-state index in [1.807, 2.05) is 17.5 Å². The zero-order valence-electron chi connectivity index (χ0n) is 6.95. The molecule has 0 amide bonds. The van der Waals surface area contributed by atoms with Crippen molar-refractivity contribution in [1.29, 1.82) is 5.26 Å². The summed E-state index contributed by atoms with van der Waals surface area (Å²) < 4.78 is 1.72. The fourth-order valence-electron chi connectivity index (χ4n) is 1.30. The number of hydrogen-bond acceptors (Lipinski definition) is 3. The first kappa shape index (κ1) is 9.38. The Labute approximate surface area is 92.9 Å². The molecule has 0 aliphatic rings. The van der Waals surface area contributed by atoms with Crippen molar-refractivity contribution in [2.75, 3.05) is 0 Å². The largest absolute Gasteiger partial charge is 0.298 e. The number of hydrogen-bond donors (Lipinski definition) is 0. The smallest absolute Gasteiger partial charge is 0.151 e. The van der Waals surface area contributed by atoms with Gasteiger partial charge in [-0.3, -0.25) is 4.79 Å². The maximum Gasteiger partial charge on any atom is 0.151 e. The summed E-state index contributed by atoms with van der Waals surface area (Å²) in [4.78, 5) is 10.7. The summed E-state index contributed by atoms with van der Waals surface area (Å²) >= 11 is 4.89. The van der Waals surface area contributed by atoms with Gasteiger partial charge >= 0.3 is 0 Å². The summed E-state index contributed by atoms with van der Waals surface area (Å²) in [6.45, 7) is 0. The summed E-state index contributed by atoms with van der Waals surface area (Å²) in [5.74, 6) is 0. The summed E-state index contributed by atoms with van der Waals surface area (Å²) in [5, 5.41) is 11.8. The van der Waals surface area contributed by atoms with E-state index in [0.717, 1.165) is 10.1 Å². The lowest BCUT2D eigenvalue weighted by Crippen LogP contribution is -1.88. The van der Waals surface area contributed by atoms with Crippen LogP contribution in [0.15, 0.2) is 22.0 Å². The Balaban J connectivity index is 2.94. The molecule has 2 nitrogen and oxygen atoms in total. The molecule has 0 radical (unpaired) electrons. The van der Waals surface area contributed by atoms with Crippen LogP contribution < -0.4 is 0 Å². The van der Waals surface area contributed by atoms with Crippen LogP contribution in [-0.4, -0.2) is 6.29 Å². The van der Waals surface area contributed by atoms with Crippen LogP contribution in [0, 0.1) is 11.3 Å². The number of carbonyl (C=O) groups excluding carboxylic acids is 1. The van der Waals surface area contributed by atoms with Gasteiger partial charge in [0.2, 0.25) is 0 Å². The van der Waals surface area contributed by atoms with Gasteiger partial charge in [0.05, 0.1) is 5.56 Å². The molecule has 4 heteroatoms. The number of halogens is 1. The number of nitrogens with zero attached hydrogens (tertiary/aromatic N) is 1. The number of benzene rings is 1. The molecule has 0 unspecified atom stereocenters. The van der Waals surface area contributed by atoms with Gasteiger partial charge in [-0.1, -0.05) is 0 Å². The molecule has 0 spiro atoms. The molecule has 1 aromatic heterocycles. The molecule has 14 heavy (non-hydrogen) atoms.